The first-order valence-corrected chi connectivity index (χ1v) is 8.07. The van der Waals surface area contributed by atoms with Crippen molar-refractivity contribution in [1.29, 1.82) is 0 Å². The molecule has 1 saturated carbocycles. The summed E-state index contributed by atoms with van der Waals surface area (Å²) >= 11 is 0. The summed E-state index contributed by atoms with van der Waals surface area (Å²) in [6.45, 7) is 0.0359. The quantitative estimate of drug-likeness (QED) is 0.655. The van der Waals surface area contributed by atoms with E-state index < -0.39 is 11.4 Å². The highest BCUT2D eigenvalue weighted by atomic mass is 16.5. The van der Waals surface area contributed by atoms with Crippen LogP contribution in [0.25, 0.3) is 10.9 Å². The van der Waals surface area contributed by atoms with Crippen LogP contribution in [0.4, 0.5) is 0 Å². The molecule has 1 aliphatic carbocycles. The maximum Gasteiger partial charge on any atom is 0.257 e. The zero-order valence-corrected chi connectivity index (χ0v) is 13.4. The van der Waals surface area contributed by atoms with E-state index in [9.17, 15) is 9.59 Å². The minimum absolute atomic E-state index is 0.0349. The molecule has 1 aromatic carbocycles. The van der Waals surface area contributed by atoms with Crippen LogP contribution in [0.2, 0.25) is 0 Å². The van der Waals surface area contributed by atoms with Gasteiger partial charge in [0.2, 0.25) is 11.3 Å². The standard InChI is InChI=1S/C17H17N5O3/c18-17(6-3-7-17)16-21-13(25-22-16)9-20-15(24)11-8-19-12-5-2-1-4-10(12)14(11)23/h1-2,4-5,8H,3,6-7,9,18H2,(H,19,23)(H,20,24). The average molecular weight is 339 g/mol. The molecule has 128 valence electrons. The van der Waals surface area contributed by atoms with E-state index in [1.165, 1.54) is 6.20 Å². The normalized spacial score (nSPS) is 15.7. The number of amides is 1. The fraction of sp³-hybridized carbons (Fsp3) is 0.294. The van der Waals surface area contributed by atoms with E-state index >= 15 is 0 Å². The fourth-order valence-electron chi connectivity index (χ4n) is 2.90. The van der Waals surface area contributed by atoms with Crippen LogP contribution in [-0.2, 0) is 12.1 Å². The van der Waals surface area contributed by atoms with Gasteiger partial charge in [-0.15, -0.1) is 0 Å². The van der Waals surface area contributed by atoms with Crippen molar-refractivity contribution in [3.63, 3.8) is 0 Å². The molecule has 3 aromatic rings. The molecular weight excluding hydrogens is 322 g/mol. The summed E-state index contributed by atoms with van der Waals surface area (Å²) in [7, 11) is 0. The highest BCUT2D eigenvalue weighted by molar-refractivity contribution is 5.96. The van der Waals surface area contributed by atoms with Gasteiger partial charge in [-0.05, 0) is 31.4 Å². The first-order valence-electron chi connectivity index (χ1n) is 8.07. The molecule has 25 heavy (non-hydrogen) atoms. The molecular formula is C17H17N5O3. The van der Waals surface area contributed by atoms with Gasteiger partial charge >= 0.3 is 0 Å². The van der Waals surface area contributed by atoms with Crippen molar-refractivity contribution >= 4 is 16.8 Å². The van der Waals surface area contributed by atoms with Gasteiger partial charge in [-0.25, -0.2) is 0 Å². The fourth-order valence-corrected chi connectivity index (χ4v) is 2.90. The molecule has 2 aromatic heterocycles. The van der Waals surface area contributed by atoms with Gasteiger partial charge in [0.05, 0.1) is 12.1 Å². The molecule has 8 heteroatoms. The van der Waals surface area contributed by atoms with Crippen molar-refractivity contribution in [3.8, 4) is 0 Å². The van der Waals surface area contributed by atoms with Crippen molar-refractivity contribution in [2.24, 2.45) is 5.73 Å². The first kappa shape index (κ1) is 15.5. The van der Waals surface area contributed by atoms with Gasteiger partial charge in [0.15, 0.2) is 5.82 Å². The number of nitrogens with two attached hydrogens (primary N) is 1. The molecule has 0 aliphatic heterocycles. The Morgan fingerprint density at radius 3 is 2.92 bits per heavy atom. The van der Waals surface area contributed by atoms with Gasteiger partial charge in [-0.1, -0.05) is 17.3 Å². The van der Waals surface area contributed by atoms with Crippen molar-refractivity contribution < 1.29 is 9.32 Å². The largest absolute Gasteiger partial charge is 0.360 e. The smallest absolute Gasteiger partial charge is 0.257 e. The molecule has 8 nitrogen and oxygen atoms in total. The van der Waals surface area contributed by atoms with Gasteiger partial charge < -0.3 is 20.6 Å². The number of aromatic amines is 1. The number of pyridine rings is 1. The predicted molar refractivity (Wildman–Crippen MR) is 89.8 cm³/mol. The van der Waals surface area contributed by atoms with Crippen LogP contribution in [-0.4, -0.2) is 21.0 Å². The molecule has 1 aliphatic rings. The number of benzene rings is 1. The second-order valence-corrected chi connectivity index (χ2v) is 6.28. The number of rotatable bonds is 4. The number of fused-ring (bicyclic) bond motifs is 1. The highest BCUT2D eigenvalue weighted by Crippen LogP contribution is 2.36. The van der Waals surface area contributed by atoms with E-state index in [-0.39, 0.29) is 23.4 Å². The van der Waals surface area contributed by atoms with Crippen LogP contribution < -0.4 is 16.5 Å². The Kier molecular flexibility index (Phi) is 3.61. The van der Waals surface area contributed by atoms with Crippen LogP contribution in [0.1, 0.15) is 41.3 Å². The number of carbonyl (C=O) groups excluding carboxylic acids is 1. The van der Waals surface area contributed by atoms with Gasteiger partial charge in [0.1, 0.15) is 5.56 Å². The van der Waals surface area contributed by atoms with Gasteiger partial charge in [0.25, 0.3) is 5.91 Å². The van der Waals surface area contributed by atoms with Crippen LogP contribution in [0.3, 0.4) is 0 Å². The Labute approximate surface area is 142 Å². The third-order valence-corrected chi connectivity index (χ3v) is 4.59. The first-order chi connectivity index (χ1) is 12.1. The Morgan fingerprint density at radius 1 is 1.36 bits per heavy atom. The minimum atomic E-state index is -0.513. The number of aromatic nitrogens is 3. The van der Waals surface area contributed by atoms with Crippen LogP contribution in [0.15, 0.2) is 39.8 Å². The molecule has 0 saturated heterocycles. The van der Waals surface area contributed by atoms with E-state index in [1.807, 2.05) is 6.07 Å². The second kappa shape index (κ2) is 5.82. The van der Waals surface area contributed by atoms with Crippen molar-refractivity contribution in [3.05, 3.63) is 58.0 Å². The Morgan fingerprint density at radius 2 is 2.16 bits per heavy atom. The van der Waals surface area contributed by atoms with Gasteiger partial charge in [-0.2, -0.15) is 4.98 Å². The lowest BCUT2D eigenvalue weighted by atomic mass is 9.77. The molecule has 0 radical (unpaired) electrons. The summed E-state index contributed by atoms with van der Waals surface area (Å²) in [4.78, 5) is 31.9. The molecule has 0 spiro atoms. The van der Waals surface area contributed by atoms with E-state index in [4.69, 9.17) is 10.3 Å². The van der Waals surface area contributed by atoms with E-state index in [0.717, 1.165) is 19.3 Å². The zero-order chi connectivity index (χ0) is 17.4. The van der Waals surface area contributed by atoms with E-state index in [1.54, 1.807) is 18.2 Å². The molecule has 0 atom stereocenters. The van der Waals surface area contributed by atoms with Gasteiger partial charge in [0, 0.05) is 17.1 Å². The third kappa shape index (κ3) is 2.70. The van der Waals surface area contributed by atoms with Gasteiger partial charge in [-0.3, -0.25) is 9.59 Å². The van der Waals surface area contributed by atoms with E-state index in [2.05, 4.69) is 20.4 Å². The van der Waals surface area contributed by atoms with Crippen LogP contribution in [0.5, 0.6) is 0 Å². The number of carbonyl (C=O) groups is 1. The Bertz CT molecular complexity index is 1000. The summed E-state index contributed by atoms with van der Waals surface area (Å²) in [6, 6.07) is 7.02. The average Bonchev–Trinajstić information content (AvgIpc) is 3.07. The minimum Gasteiger partial charge on any atom is -0.360 e. The molecule has 0 unspecified atom stereocenters. The lowest BCUT2D eigenvalue weighted by Gasteiger charge is -2.34. The third-order valence-electron chi connectivity index (χ3n) is 4.59. The molecule has 0 bridgehead atoms. The molecule has 4 rings (SSSR count). The number of hydrogen-bond donors (Lipinski definition) is 3. The molecule has 4 N–H and O–H groups in total. The SMILES string of the molecule is NC1(c2noc(CNC(=O)c3c[nH]c4ccccc4c3=O)n2)CCC1. The van der Waals surface area contributed by atoms with Crippen molar-refractivity contribution in [1.82, 2.24) is 20.4 Å². The predicted octanol–water partition coefficient (Wildman–Crippen LogP) is 1.18. The number of para-hydroxylation sites is 1. The number of H-pyrrole nitrogens is 1. The number of hydrogen-bond acceptors (Lipinski definition) is 6. The number of nitrogens with one attached hydrogen (secondary N) is 2. The molecule has 1 fully saturated rings. The van der Waals surface area contributed by atoms with Crippen LogP contribution >= 0.6 is 0 Å². The highest BCUT2D eigenvalue weighted by Gasteiger charge is 2.38. The maximum atomic E-state index is 12.4. The summed E-state index contributed by atoms with van der Waals surface area (Å²) in [6.07, 6.45) is 4.10. The van der Waals surface area contributed by atoms with Crippen molar-refractivity contribution in [2.45, 2.75) is 31.3 Å². The summed E-state index contributed by atoms with van der Waals surface area (Å²) in [5.41, 5.74) is 6.02. The lowest BCUT2D eigenvalue weighted by Crippen LogP contribution is -2.44. The molecule has 1 amide bonds. The summed E-state index contributed by atoms with van der Waals surface area (Å²) in [5.74, 6) is 0.224. The Balaban J connectivity index is 1.49. The van der Waals surface area contributed by atoms with Crippen LogP contribution in [0, 0.1) is 0 Å². The van der Waals surface area contributed by atoms with E-state index in [0.29, 0.717) is 16.7 Å². The maximum absolute atomic E-state index is 12.4. The summed E-state index contributed by atoms with van der Waals surface area (Å²) in [5, 5.41) is 6.98. The Hall–Kier alpha value is -3.00. The second-order valence-electron chi connectivity index (χ2n) is 6.28. The summed E-state index contributed by atoms with van der Waals surface area (Å²) < 4.78 is 5.13. The number of nitrogens with zero attached hydrogens (tertiary/aromatic N) is 2. The topological polar surface area (TPSA) is 127 Å². The van der Waals surface area contributed by atoms with Crippen molar-refractivity contribution in [2.75, 3.05) is 0 Å². The monoisotopic (exact) mass is 339 g/mol. The zero-order valence-electron chi connectivity index (χ0n) is 13.4. The lowest BCUT2D eigenvalue weighted by molar-refractivity contribution is 0.0945. The molecule has 2 heterocycles.